The maximum Gasteiger partial charge on any atom is 0.251 e. The third-order valence-electron chi connectivity index (χ3n) is 9.47. The summed E-state index contributed by atoms with van der Waals surface area (Å²) in [5.41, 5.74) is 19.0. The van der Waals surface area contributed by atoms with Crippen molar-refractivity contribution in [1.82, 2.24) is 31.2 Å². The van der Waals surface area contributed by atoms with Crippen LogP contribution in [0.4, 0.5) is 0 Å². The number of likely N-dealkylation sites (tertiary alicyclic amines) is 1. The molecule has 1 saturated heterocycles. The van der Waals surface area contributed by atoms with Crippen LogP contribution < -0.4 is 38.5 Å². The Hall–Kier alpha value is -5.09. The average molecular weight is 719 g/mol. The van der Waals surface area contributed by atoms with E-state index in [1.54, 1.807) is 32.0 Å². The number of fused-ring (bicyclic) bond motifs is 2. The number of guanidine groups is 1. The molecule has 3 unspecified atom stereocenters. The van der Waals surface area contributed by atoms with Gasteiger partial charge in [0.05, 0.1) is 28.3 Å². The third-order valence-corrected chi connectivity index (χ3v) is 10.5. The van der Waals surface area contributed by atoms with Gasteiger partial charge in [-0.05, 0) is 68.5 Å². The first-order valence-corrected chi connectivity index (χ1v) is 17.9. The molecule has 5 rings (SSSR count). The van der Waals surface area contributed by atoms with Gasteiger partial charge in [-0.25, -0.2) is 4.98 Å². The number of rotatable bonds is 15. The Morgan fingerprint density at radius 3 is 2.61 bits per heavy atom. The topological polar surface area (TPSA) is 252 Å². The van der Waals surface area contributed by atoms with E-state index >= 15 is 0 Å². The number of thiazole rings is 1. The van der Waals surface area contributed by atoms with Gasteiger partial charge in [0.25, 0.3) is 5.91 Å². The van der Waals surface area contributed by atoms with Crippen LogP contribution in [0.25, 0.3) is 10.2 Å². The van der Waals surface area contributed by atoms with Crippen LogP contribution in [0.15, 0.2) is 54.3 Å². The van der Waals surface area contributed by atoms with E-state index < -0.39 is 47.8 Å². The van der Waals surface area contributed by atoms with Crippen molar-refractivity contribution in [1.29, 1.82) is 5.41 Å². The predicted molar refractivity (Wildman–Crippen MR) is 194 cm³/mol. The number of allylic oxidation sites excluding steroid dienone is 2. The van der Waals surface area contributed by atoms with Gasteiger partial charge in [-0.15, -0.1) is 11.3 Å². The van der Waals surface area contributed by atoms with E-state index in [-0.39, 0.29) is 59.1 Å². The van der Waals surface area contributed by atoms with Gasteiger partial charge in [-0.3, -0.25) is 29.4 Å². The van der Waals surface area contributed by atoms with E-state index in [4.69, 9.17) is 22.6 Å². The summed E-state index contributed by atoms with van der Waals surface area (Å²) in [7, 11) is 0. The van der Waals surface area contributed by atoms with Crippen LogP contribution in [0.3, 0.4) is 0 Å². The molecule has 1 aromatic carbocycles. The number of carbonyl (C=O) groups excluding carboxylic acids is 5. The summed E-state index contributed by atoms with van der Waals surface area (Å²) >= 11 is 1.09. The molecule has 3 heterocycles. The minimum absolute atomic E-state index is 0.118. The Kier molecular flexibility index (Phi) is 11.6. The molecule has 11 N–H and O–H groups in total. The van der Waals surface area contributed by atoms with Crippen molar-refractivity contribution in [2.45, 2.75) is 82.7 Å². The molecule has 51 heavy (non-hydrogen) atoms. The van der Waals surface area contributed by atoms with Gasteiger partial charge in [-0.1, -0.05) is 38.2 Å². The summed E-state index contributed by atoms with van der Waals surface area (Å²) in [5, 5.41) is 19.2. The Morgan fingerprint density at radius 1 is 1.16 bits per heavy atom. The lowest BCUT2D eigenvalue weighted by Crippen LogP contribution is -2.51. The van der Waals surface area contributed by atoms with Gasteiger partial charge < -0.3 is 43.4 Å². The van der Waals surface area contributed by atoms with Gasteiger partial charge in [0.15, 0.2) is 11.0 Å². The molecule has 2 aliphatic heterocycles. The SMILES string of the molecule is CC(C)[C@H](NC(=O)c1ccc2nc(C(=O)[C@H](CCCNC(=N)N)N3C(=O)[C@@H](NC(=O)[C@@H](N)CC4=CNC5C=CC=CC45)CC3C)sc2c1)C(N)=O. The summed E-state index contributed by atoms with van der Waals surface area (Å²) in [6.45, 7) is 5.69. The number of nitrogens with one attached hydrogen (secondary N) is 5. The fourth-order valence-corrected chi connectivity index (χ4v) is 7.79. The third kappa shape index (κ3) is 8.45. The zero-order chi connectivity index (χ0) is 37.0. The van der Waals surface area contributed by atoms with Crippen molar-refractivity contribution in [3.05, 3.63) is 64.8 Å². The number of aromatic nitrogens is 1. The van der Waals surface area contributed by atoms with Crippen LogP contribution >= 0.6 is 11.3 Å². The average Bonchev–Trinajstić information content (AvgIpc) is 3.77. The van der Waals surface area contributed by atoms with Gasteiger partial charge >= 0.3 is 0 Å². The molecule has 0 bridgehead atoms. The molecule has 7 atom stereocenters. The second kappa shape index (κ2) is 15.9. The van der Waals surface area contributed by atoms with Gasteiger partial charge in [0.1, 0.15) is 12.1 Å². The highest BCUT2D eigenvalue weighted by Gasteiger charge is 2.45. The minimum atomic E-state index is -0.916. The monoisotopic (exact) mass is 718 g/mol. The molecule has 1 aliphatic carbocycles. The number of nitrogens with two attached hydrogens (primary N) is 3. The number of benzene rings is 1. The van der Waals surface area contributed by atoms with Crippen molar-refractivity contribution in [2.75, 3.05) is 6.54 Å². The van der Waals surface area contributed by atoms with Gasteiger partial charge in [0.2, 0.25) is 23.5 Å². The van der Waals surface area contributed by atoms with Crippen LogP contribution in [0.1, 0.15) is 66.6 Å². The van der Waals surface area contributed by atoms with Crippen molar-refractivity contribution in [3.63, 3.8) is 0 Å². The molecule has 0 spiro atoms. The molecule has 272 valence electrons. The van der Waals surface area contributed by atoms with E-state index in [1.165, 1.54) is 4.90 Å². The summed E-state index contributed by atoms with van der Waals surface area (Å²) < 4.78 is 0.571. The Morgan fingerprint density at radius 2 is 1.90 bits per heavy atom. The number of ketones is 1. The highest BCUT2D eigenvalue weighted by molar-refractivity contribution is 7.20. The standard InChI is InChI=1S/C35H46N10O5S/c1-17(2)28(30(37)47)44-31(48)19-10-11-24-27(15-19)51-33(43-24)29(46)26(9-6-12-40-35(38)39)45-18(3)13-25(34(45)50)42-32(49)22(36)14-20-16-41-23-8-5-4-7-21(20)23/h4-5,7-8,10-11,15-18,21-23,25-26,28,41H,6,9,12-14,36H2,1-3H3,(H2,37,47)(H,42,49)(H,44,48)(H4,38,39,40)/t18?,21?,22-,23?,25-,26-,28-/m0/s1. The quantitative estimate of drug-likeness (QED) is 0.0556. The number of amides is 4. The number of primary amides is 1. The summed E-state index contributed by atoms with van der Waals surface area (Å²) in [6.07, 6.45) is 11.2. The molecule has 15 nitrogen and oxygen atoms in total. The lowest BCUT2D eigenvalue weighted by molar-refractivity contribution is -0.134. The normalized spacial score (nSPS) is 22.6. The number of nitrogens with zero attached hydrogens (tertiary/aromatic N) is 2. The number of carbonyl (C=O) groups is 5. The van der Waals surface area contributed by atoms with E-state index in [0.29, 0.717) is 29.6 Å². The largest absolute Gasteiger partial charge is 0.384 e. The van der Waals surface area contributed by atoms with E-state index in [1.807, 2.05) is 25.3 Å². The fraction of sp³-hybridized carbons (Fsp3) is 0.457. The second-order valence-electron chi connectivity index (χ2n) is 13.6. The van der Waals surface area contributed by atoms with E-state index in [9.17, 15) is 24.0 Å². The molecule has 4 amide bonds. The summed E-state index contributed by atoms with van der Waals surface area (Å²) in [6, 6.07) is 1.02. The van der Waals surface area contributed by atoms with Crippen molar-refractivity contribution in [3.8, 4) is 0 Å². The highest BCUT2D eigenvalue weighted by atomic mass is 32.1. The lowest BCUT2D eigenvalue weighted by Gasteiger charge is -2.30. The Labute approximate surface area is 300 Å². The molecular formula is C35H46N10O5S. The predicted octanol–water partition coefficient (Wildman–Crippen LogP) is 0.771. The summed E-state index contributed by atoms with van der Waals surface area (Å²) in [5.74, 6) is -2.65. The molecule has 0 radical (unpaired) electrons. The van der Waals surface area contributed by atoms with E-state index in [2.05, 4.69) is 38.4 Å². The number of Topliss-reactive ketones (excluding diaryl/α,β-unsaturated/α-hetero) is 1. The molecule has 3 aliphatic rings. The maximum absolute atomic E-state index is 14.2. The van der Waals surface area contributed by atoms with Crippen molar-refractivity contribution < 1.29 is 24.0 Å². The van der Waals surface area contributed by atoms with Crippen LogP contribution in [0, 0.1) is 17.2 Å². The second-order valence-corrected chi connectivity index (χ2v) is 14.6. The molecule has 1 aromatic heterocycles. The zero-order valence-electron chi connectivity index (χ0n) is 28.8. The molecule has 1 fully saturated rings. The molecular weight excluding hydrogens is 673 g/mol. The minimum Gasteiger partial charge on any atom is -0.384 e. The van der Waals surface area contributed by atoms with Crippen LogP contribution in [-0.4, -0.2) is 88.1 Å². The fourth-order valence-electron chi connectivity index (χ4n) is 6.79. The van der Waals surface area contributed by atoms with Crippen molar-refractivity contribution >= 4 is 56.9 Å². The Bertz CT molecular complexity index is 1800. The zero-order valence-corrected chi connectivity index (χ0v) is 29.7. The summed E-state index contributed by atoms with van der Waals surface area (Å²) in [4.78, 5) is 72.2. The first-order valence-electron chi connectivity index (χ1n) is 17.1. The first kappa shape index (κ1) is 37.2. The molecule has 2 aromatic rings. The lowest BCUT2D eigenvalue weighted by atomic mass is 9.88. The highest BCUT2D eigenvalue weighted by Crippen LogP contribution is 2.31. The van der Waals surface area contributed by atoms with Crippen LogP contribution in [0.2, 0.25) is 0 Å². The van der Waals surface area contributed by atoms with Gasteiger partial charge in [-0.2, -0.15) is 0 Å². The van der Waals surface area contributed by atoms with Crippen LogP contribution in [0.5, 0.6) is 0 Å². The molecule has 0 saturated carbocycles. The Balaban J connectivity index is 1.30. The van der Waals surface area contributed by atoms with E-state index in [0.717, 1.165) is 16.9 Å². The smallest absolute Gasteiger partial charge is 0.251 e. The number of hydrogen-bond acceptors (Lipinski definition) is 10. The molecule has 16 heteroatoms. The van der Waals surface area contributed by atoms with Crippen molar-refractivity contribution in [2.24, 2.45) is 29.0 Å². The van der Waals surface area contributed by atoms with Gasteiger partial charge in [0, 0.05) is 24.1 Å². The maximum atomic E-state index is 14.2. The number of hydrogen-bond donors (Lipinski definition) is 8. The first-order chi connectivity index (χ1) is 24.2. The van der Waals surface area contributed by atoms with Crippen LogP contribution in [-0.2, 0) is 14.4 Å².